The number of anilines is 1. The zero-order chi connectivity index (χ0) is 16.9. The molecule has 0 bridgehead atoms. The van der Waals surface area contributed by atoms with Crippen molar-refractivity contribution in [2.75, 3.05) is 11.4 Å². The van der Waals surface area contributed by atoms with E-state index in [1.807, 2.05) is 49.4 Å². The average Bonchev–Trinajstić information content (AvgIpc) is 2.95. The van der Waals surface area contributed by atoms with E-state index in [2.05, 4.69) is 15.6 Å². The third kappa shape index (κ3) is 3.90. The molecule has 2 N–H and O–H groups in total. The molecule has 0 saturated carbocycles. The Morgan fingerprint density at radius 1 is 1.25 bits per heavy atom. The summed E-state index contributed by atoms with van der Waals surface area (Å²) >= 11 is 0. The lowest BCUT2D eigenvalue weighted by molar-refractivity contribution is -0.117. The van der Waals surface area contributed by atoms with E-state index in [1.54, 1.807) is 11.1 Å². The molecule has 24 heavy (non-hydrogen) atoms. The number of aryl methyl sites for hydroxylation is 1. The second kappa shape index (κ2) is 7.12. The Balaban J connectivity index is 1.52. The lowest BCUT2D eigenvalue weighted by Crippen LogP contribution is -2.43. The maximum atomic E-state index is 12.2. The number of benzene rings is 1. The molecule has 6 heteroatoms. The molecule has 6 nitrogen and oxygen atoms in total. The minimum atomic E-state index is -0.288. The molecule has 0 radical (unpaired) electrons. The smallest absolute Gasteiger partial charge is 0.315 e. The Kier molecular flexibility index (Phi) is 4.74. The van der Waals surface area contributed by atoms with Gasteiger partial charge in [0, 0.05) is 24.8 Å². The summed E-state index contributed by atoms with van der Waals surface area (Å²) in [7, 11) is 0. The van der Waals surface area contributed by atoms with Crippen molar-refractivity contribution in [3.63, 3.8) is 0 Å². The summed E-state index contributed by atoms with van der Waals surface area (Å²) in [5.41, 5.74) is 2.80. The first-order chi connectivity index (χ1) is 11.6. The molecule has 0 aliphatic carbocycles. The SMILES string of the molecule is Cc1ccc(N2CC(NC(=O)NCc3ccccn3)CC2=O)cc1. The van der Waals surface area contributed by atoms with Gasteiger partial charge in [0.1, 0.15) is 0 Å². The molecular weight excluding hydrogens is 304 g/mol. The number of aromatic nitrogens is 1. The van der Waals surface area contributed by atoms with Crippen LogP contribution in [0.15, 0.2) is 48.7 Å². The van der Waals surface area contributed by atoms with Crippen LogP contribution in [0.1, 0.15) is 17.7 Å². The number of amides is 3. The molecule has 1 aliphatic heterocycles. The molecule has 2 aromatic rings. The van der Waals surface area contributed by atoms with E-state index >= 15 is 0 Å². The lowest BCUT2D eigenvalue weighted by atomic mass is 10.2. The summed E-state index contributed by atoms with van der Waals surface area (Å²) < 4.78 is 0. The van der Waals surface area contributed by atoms with Gasteiger partial charge in [0.05, 0.1) is 18.3 Å². The van der Waals surface area contributed by atoms with Crippen LogP contribution >= 0.6 is 0 Å². The summed E-state index contributed by atoms with van der Waals surface area (Å²) in [6.07, 6.45) is 1.99. The fraction of sp³-hybridized carbons (Fsp3) is 0.278. The van der Waals surface area contributed by atoms with Gasteiger partial charge in [-0.15, -0.1) is 0 Å². The van der Waals surface area contributed by atoms with Gasteiger partial charge < -0.3 is 15.5 Å². The Morgan fingerprint density at radius 3 is 2.75 bits per heavy atom. The average molecular weight is 324 g/mol. The molecule has 1 atom stereocenters. The van der Waals surface area contributed by atoms with Crippen molar-refractivity contribution in [3.8, 4) is 0 Å². The second-order valence-corrected chi connectivity index (χ2v) is 5.89. The van der Waals surface area contributed by atoms with Gasteiger partial charge in [0.2, 0.25) is 5.91 Å². The molecule has 124 valence electrons. The van der Waals surface area contributed by atoms with Crippen LogP contribution in [-0.2, 0) is 11.3 Å². The number of rotatable bonds is 4. The van der Waals surface area contributed by atoms with Gasteiger partial charge in [0.15, 0.2) is 0 Å². The number of hydrogen-bond acceptors (Lipinski definition) is 3. The highest BCUT2D eigenvalue weighted by molar-refractivity contribution is 5.96. The Hall–Kier alpha value is -2.89. The molecule has 1 aromatic heterocycles. The molecule has 0 spiro atoms. The van der Waals surface area contributed by atoms with Crippen molar-refractivity contribution in [2.45, 2.75) is 25.9 Å². The second-order valence-electron chi connectivity index (χ2n) is 5.89. The summed E-state index contributed by atoms with van der Waals surface area (Å²) in [5.74, 6) is 0.0221. The quantitative estimate of drug-likeness (QED) is 0.903. The van der Waals surface area contributed by atoms with Crippen LogP contribution in [0.4, 0.5) is 10.5 Å². The highest BCUT2D eigenvalue weighted by Gasteiger charge is 2.31. The first-order valence-electron chi connectivity index (χ1n) is 7.93. The van der Waals surface area contributed by atoms with Gasteiger partial charge in [-0.2, -0.15) is 0 Å². The zero-order valence-electron chi connectivity index (χ0n) is 13.5. The first kappa shape index (κ1) is 16.0. The van der Waals surface area contributed by atoms with Crippen LogP contribution in [0.25, 0.3) is 0 Å². The van der Waals surface area contributed by atoms with Crippen molar-refractivity contribution in [3.05, 3.63) is 59.9 Å². The molecule has 3 amide bonds. The number of nitrogens with one attached hydrogen (secondary N) is 2. The Labute approximate surface area is 140 Å². The number of nitrogens with zero attached hydrogens (tertiary/aromatic N) is 2. The molecule has 1 aromatic carbocycles. The summed E-state index contributed by atoms with van der Waals surface area (Å²) in [4.78, 5) is 30.0. The van der Waals surface area contributed by atoms with Crippen LogP contribution < -0.4 is 15.5 Å². The maximum absolute atomic E-state index is 12.2. The molecule has 1 saturated heterocycles. The minimum absolute atomic E-state index is 0.0221. The Bertz CT molecular complexity index is 716. The van der Waals surface area contributed by atoms with E-state index in [1.165, 1.54) is 0 Å². The highest BCUT2D eigenvalue weighted by atomic mass is 16.2. The van der Waals surface area contributed by atoms with Crippen LogP contribution in [0.3, 0.4) is 0 Å². The molecule has 1 unspecified atom stereocenters. The minimum Gasteiger partial charge on any atom is -0.333 e. The van der Waals surface area contributed by atoms with E-state index in [0.717, 1.165) is 16.9 Å². The molecule has 2 heterocycles. The monoisotopic (exact) mass is 324 g/mol. The number of hydrogen-bond donors (Lipinski definition) is 2. The third-order valence-corrected chi connectivity index (χ3v) is 3.96. The number of carbonyl (C=O) groups is 2. The normalized spacial score (nSPS) is 17.0. The summed E-state index contributed by atoms with van der Waals surface area (Å²) in [5, 5.41) is 5.61. The highest BCUT2D eigenvalue weighted by Crippen LogP contribution is 2.21. The van der Waals surface area contributed by atoms with Crippen LogP contribution in [-0.4, -0.2) is 29.5 Å². The summed E-state index contributed by atoms with van der Waals surface area (Å²) in [6.45, 7) is 2.85. The van der Waals surface area contributed by atoms with Crippen LogP contribution in [0.5, 0.6) is 0 Å². The fourth-order valence-electron chi connectivity index (χ4n) is 2.69. The van der Waals surface area contributed by atoms with E-state index < -0.39 is 0 Å². The summed E-state index contributed by atoms with van der Waals surface area (Å²) in [6, 6.07) is 12.9. The van der Waals surface area contributed by atoms with Crippen LogP contribution in [0.2, 0.25) is 0 Å². The predicted octanol–water partition coefficient (Wildman–Crippen LogP) is 1.99. The van der Waals surface area contributed by atoms with Crippen molar-refractivity contribution in [2.24, 2.45) is 0 Å². The standard InChI is InChI=1S/C18H20N4O2/c1-13-5-7-16(8-6-13)22-12-15(10-17(22)23)21-18(24)20-11-14-4-2-3-9-19-14/h2-9,15H,10-12H2,1H3,(H2,20,21,24). The lowest BCUT2D eigenvalue weighted by Gasteiger charge is -2.17. The van der Waals surface area contributed by atoms with Gasteiger partial charge in [-0.3, -0.25) is 9.78 Å². The molecule has 1 fully saturated rings. The van der Waals surface area contributed by atoms with E-state index in [-0.39, 0.29) is 18.0 Å². The largest absolute Gasteiger partial charge is 0.333 e. The maximum Gasteiger partial charge on any atom is 0.315 e. The number of pyridine rings is 1. The van der Waals surface area contributed by atoms with Crippen LogP contribution in [0, 0.1) is 6.92 Å². The van der Waals surface area contributed by atoms with Gasteiger partial charge in [-0.05, 0) is 31.2 Å². The first-order valence-corrected chi connectivity index (χ1v) is 7.93. The number of urea groups is 1. The zero-order valence-corrected chi connectivity index (χ0v) is 13.5. The van der Waals surface area contributed by atoms with E-state index in [4.69, 9.17) is 0 Å². The van der Waals surface area contributed by atoms with E-state index in [9.17, 15) is 9.59 Å². The van der Waals surface area contributed by atoms with Crippen molar-refractivity contribution in [1.82, 2.24) is 15.6 Å². The fourth-order valence-corrected chi connectivity index (χ4v) is 2.69. The predicted molar refractivity (Wildman–Crippen MR) is 91.5 cm³/mol. The van der Waals surface area contributed by atoms with Crippen molar-refractivity contribution >= 4 is 17.6 Å². The van der Waals surface area contributed by atoms with Crippen molar-refractivity contribution in [1.29, 1.82) is 0 Å². The topological polar surface area (TPSA) is 74.3 Å². The van der Waals surface area contributed by atoms with Gasteiger partial charge in [0.25, 0.3) is 0 Å². The van der Waals surface area contributed by atoms with E-state index in [0.29, 0.717) is 19.5 Å². The number of carbonyl (C=O) groups excluding carboxylic acids is 2. The third-order valence-electron chi connectivity index (χ3n) is 3.96. The van der Waals surface area contributed by atoms with Gasteiger partial charge in [-0.25, -0.2) is 4.79 Å². The van der Waals surface area contributed by atoms with Gasteiger partial charge in [-0.1, -0.05) is 23.8 Å². The molecular formula is C18H20N4O2. The van der Waals surface area contributed by atoms with Crippen molar-refractivity contribution < 1.29 is 9.59 Å². The molecule has 1 aliphatic rings. The molecule has 3 rings (SSSR count). The Morgan fingerprint density at radius 2 is 2.04 bits per heavy atom. The van der Waals surface area contributed by atoms with Gasteiger partial charge >= 0.3 is 6.03 Å².